The summed E-state index contributed by atoms with van der Waals surface area (Å²) in [5.41, 5.74) is 5.52. The first-order valence-electron chi connectivity index (χ1n) is 4.97. The second kappa shape index (κ2) is 8.55. The summed E-state index contributed by atoms with van der Waals surface area (Å²) < 4.78 is 27.8. The van der Waals surface area contributed by atoms with E-state index < -0.39 is 19.1 Å². The van der Waals surface area contributed by atoms with Crippen LogP contribution >= 0.6 is 0 Å². The predicted octanol–water partition coefficient (Wildman–Crippen LogP) is 0.512. The van der Waals surface area contributed by atoms with Crippen LogP contribution in [-0.2, 0) is 9.53 Å². The predicted molar refractivity (Wildman–Crippen MR) is 52.7 cm³/mol. The third-order valence-corrected chi connectivity index (χ3v) is 1.73. The zero-order chi connectivity index (χ0) is 11.7. The number of nitrogens with one attached hydrogen (secondary N) is 1. The van der Waals surface area contributed by atoms with Crippen molar-refractivity contribution in [1.29, 1.82) is 0 Å². The molecular weight excluding hydrogens is 206 g/mol. The van der Waals surface area contributed by atoms with E-state index in [0.717, 1.165) is 6.42 Å². The minimum Gasteiger partial charge on any atom is -0.374 e. The molecule has 15 heavy (non-hydrogen) atoms. The molecule has 3 N–H and O–H groups in total. The van der Waals surface area contributed by atoms with Crippen molar-refractivity contribution in [3.05, 3.63) is 0 Å². The third-order valence-electron chi connectivity index (χ3n) is 1.73. The SMILES string of the molecule is CCC[C@H](N)C(=O)NCCOCC(F)F. The van der Waals surface area contributed by atoms with Crippen LogP contribution in [0.25, 0.3) is 0 Å². The molecule has 0 spiro atoms. The maximum atomic E-state index is 11.6. The second-order valence-corrected chi connectivity index (χ2v) is 3.15. The second-order valence-electron chi connectivity index (χ2n) is 3.15. The lowest BCUT2D eigenvalue weighted by molar-refractivity contribution is -0.122. The molecule has 0 aliphatic rings. The molecular formula is C9H18F2N2O2. The van der Waals surface area contributed by atoms with Crippen LogP contribution < -0.4 is 11.1 Å². The Balaban J connectivity index is 3.38. The van der Waals surface area contributed by atoms with Crippen LogP contribution in [0.5, 0.6) is 0 Å². The van der Waals surface area contributed by atoms with Crippen molar-refractivity contribution in [1.82, 2.24) is 5.32 Å². The number of alkyl halides is 2. The molecule has 0 heterocycles. The van der Waals surface area contributed by atoms with Gasteiger partial charge in [0.15, 0.2) is 0 Å². The summed E-state index contributed by atoms with van der Waals surface area (Å²) >= 11 is 0. The highest BCUT2D eigenvalue weighted by Crippen LogP contribution is 1.93. The van der Waals surface area contributed by atoms with Crippen LogP contribution in [0.1, 0.15) is 19.8 Å². The Morgan fingerprint density at radius 3 is 2.73 bits per heavy atom. The highest BCUT2D eigenvalue weighted by Gasteiger charge is 2.10. The summed E-state index contributed by atoms with van der Waals surface area (Å²) in [7, 11) is 0. The molecule has 0 rings (SSSR count). The lowest BCUT2D eigenvalue weighted by Crippen LogP contribution is -2.41. The highest BCUT2D eigenvalue weighted by atomic mass is 19.3. The normalized spacial score (nSPS) is 12.9. The van der Waals surface area contributed by atoms with Gasteiger partial charge in [0.25, 0.3) is 6.43 Å². The van der Waals surface area contributed by atoms with Crippen molar-refractivity contribution in [2.24, 2.45) is 5.73 Å². The minimum atomic E-state index is -2.47. The van der Waals surface area contributed by atoms with Gasteiger partial charge < -0.3 is 15.8 Å². The Labute approximate surface area is 88.2 Å². The topological polar surface area (TPSA) is 64.4 Å². The summed E-state index contributed by atoms with van der Waals surface area (Å²) in [5, 5.41) is 2.51. The zero-order valence-electron chi connectivity index (χ0n) is 8.84. The van der Waals surface area contributed by atoms with Crippen LogP contribution in [-0.4, -0.2) is 38.1 Å². The molecule has 0 fully saturated rings. The van der Waals surface area contributed by atoms with Crippen molar-refractivity contribution in [2.45, 2.75) is 32.2 Å². The van der Waals surface area contributed by atoms with Crippen LogP contribution in [0.2, 0.25) is 0 Å². The van der Waals surface area contributed by atoms with Gasteiger partial charge in [-0.05, 0) is 6.42 Å². The summed E-state index contributed by atoms with van der Waals surface area (Å²) in [5.74, 6) is -0.266. The van der Waals surface area contributed by atoms with E-state index in [1.807, 2.05) is 6.92 Å². The summed E-state index contributed by atoms with van der Waals surface area (Å²) in [6.07, 6.45) is -1.02. The number of carbonyl (C=O) groups excluding carboxylic acids is 1. The van der Waals surface area contributed by atoms with Crippen molar-refractivity contribution in [2.75, 3.05) is 19.8 Å². The number of hydrogen-bond acceptors (Lipinski definition) is 3. The first-order valence-corrected chi connectivity index (χ1v) is 4.97. The smallest absolute Gasteiger partial charge is 0.261 e. The molecule has 0 aliphatic carbocycles. The molecule has 0 bridgehead atoms. The average Bonchev–Trinajstić information content (AvgIpc) is 2.16. The lowest BCUT2D eigenvalue weighted by atomic mass is 10.2. The Hall–Kier alpha value is -0.750. The molecule has 1 amide bonds. The maximum absolute atomic E-state index is 11.6. The number of rotatable bonds is 8. The highest BCUT2D eigenvalue weighted by molar-refractivity contribution is 5.81. The molecule has 1 atom stereocenters. The Morgan fingerprint density at radius 1 is 1.53 bits per heavy atom. The van der Waals surface area contributed by atoms with Crippen molar-refractivity contribution >= 4 is 5.91 Å². The van der Waals surface area contributed by atoms with Gasteiger partial charge in [-0.1, -0.05) is 13.3 Å². The lowest BCUT2D eigenvalue weighted by Gasteiger charge is -2.11. The zero-order valence-corrected chi connectivity index (χ0v) is 8.84. The molecule has 90 valence electrons. The average molecular weight is 224 g/mol. The molecule has 0 radical (unpaired) electrons. The van der Waals surface area contributed by atoms with E-state index in [2.05, 4.69) is 10.1 Å². The number of hydrogen-bond donors (Lipinski definition) is 2. The van der Waals surface area contributed by atoms with E-state index >= 15 is 0 Å². The largest absolute Gasteiger partial charge is 0.374 e. The number of nitrogens with two attached hydrogens (primary N) is 1. The molecule has 4 nitrogen and oxygen atoms in total. The van der Waals surface area contributed by atoms with Gasteiger partial charge in [0.2, 0.25) is 5.91 Å². The fourth-order valence-corrected chi connectivity index (χ4v) is 0.992. The maximum Gasteiger partial charge on any atom is 0.261 e. The van der Waals surface area contributed by atoms with Gasteiger partial charge in [0.05, 0.1) is 12.6 Å². The van der Waals surface area contributed by atoms with Crippen molar-refractivity contribution in [3.63, 3.8) is 0 Å². The van der Waals surface area contributed by atoms with Crippen LogP contribution in [0.15, 0.2) is 0 Å². The van der Waals surface area contributed by atoms with Crippen LogP contribution in [0.4, 0.5) is 8.78 Å². The van der Waals surface area contributed by atoms with E-state index in [9.17, 15) is 13.6 Å². The summed E-state index contributed by atoms with van der Waals surface area (Å²) in [4.78, 5) is 11.2. The van der Waals surface area contributed by atoms with Gasteiger partial charge in [-0.3, -0.25) is 4.79 Å². The van der Waals surface area contributed by atoms with E-state index in [1.165, 1.54) is 0 Å². The van der Waals surface area contributed by atoms with Crippen LogP contribution in [0.3, 0.4) is 0 Å². The number of amides is 1. The van der Waals surface area contributed by atoms with Gasteiger partial charge in [0.1, 0.15) is 6.61 Å². The molecule has 0 saturated heterocycles. The standard InChI is InChI=1S/C9H18F2N2O2/c1-2-3-7(12)9(14)13-4-5-15-6-8(10)11/h7-8H,2-6,12H2,1H3,(H,13,14)/t7-/m0/s1. The Bertz CT molecular complexity index is 179. The van der Waals surface area contributed by atoms with E-state index in [4.69, 9.17) is 5.73 Å². The van der Waals surface area contributed by atoms with E-state index in [1.54, 1.807) is 0 Å². The Morgan fingerprint density at radius 2 is 2.20 bits per heavy atom. The Kier molecular flexibility index (Phi) is 8.12. The number of carbonyl (C=O) groups is 1. The number of ether oxygens (including phenoxy) is 1. The molecule has 0 aromatic heterocycles. The molecule has 0 saturated carbocycles. The third kappa shape index (κ3) is 8.26. The van der Waals surface area contributed by atoms with Crippen LogP contribution in [0, 0.1) is 0 Å². The first kappa shape index (κ1) is 14.2. The minimum absolute atomic E-state index is 0.0783. The van der Waals surface area contributed by atoms with Gasteiger partial charge in [0, 0.05) is 6.54 Å². The van der Waals surface area contributed by atoms with Crippen molar-refractivity contribution in [3.8, 4) is 0 Å². The summed E-state index contributed by atoms with van der Waals surface area (Å²) in [6.45, 7) is 1.62. The van der Waals surface area contributed by atoms with Gasteiger partial charge >= 0.3 is 0 Å². The van der Waals surface area contributed by atoms with E-state index in [-0.39, 0.29) is 19.1 Å². The number of halogens is 2. The molecule has 0 aliphatic heterocycles. The quantitative estimate of drug-likeness (QED) is 0.590. The van der Waals surface area contributed by atoms with Crippen molar-refractivity contribution < 1.29 is 18.3 Å². The first-order chi connectivity index (χ1) is 7.07. The van der Waals surface area contributed by atoms with Gasteiger partial charge in [-0.2, -0.15) is 0 Å². The van der Waals surface area contributed by atoms with Gasteiger partial charge in [-0.25, -0.2) is 8.78 Å². The summed E-state index contributed by atoms with van der Waals surface area (Å²) in [6, 6.07) is -0.523. The molecule has 6 heteroatoms. The monoisotopic (exact) mass is 224 g/mol. The van der Waals surface area contributed by atoms with E-state index in [0.29, 0.717) is 6.42 Å². The fourth-order valence-electron chi connectivity index (χ4n) is 0.992. The molecule has 0 unspecified atom stereocenters. The molecule has 0 aromatic rings. The van der Waals surface area contributed by atoms with Gasteiger partial charge in [-0.15, -0.1) is 0 Å². The fraction of sp³-hybridized carbons (Fsp3) is 0.889. The molecule has 0 aromatic carbocycles.